The van der Waals surface area contributed by atoms with Gasteiger partial charge in [-0.25, -0.2) is 8.78 Å². The van der Waals surface area contributed by atoms with Crippen LogP contribution in [0.25, 0.3) is 0 Å². The summed E-state index contributed by atoms with van der Waals surface area (Å²) in [4.78, 5) is 10.3. The number of nitrogens with two attached hydrogens (primary N) is 1. The molecule has 3 nitrogen and oxygen atoms in total. The van der Waals surface area contributed by atoms with Crippen LogP contribution in [0.15, 0.2) is 0 Å². The molecule has 1 rings (SSSR count). The molecule has 0 aromatic carbocycles. The van der Waals surface area contributed by atoms with Gasteiger partial charge >= 0.3 is 5.97 Å². The second-order valence-electron chi connectivity index (χ2n) is 3.65. The first kappa shape index (κ1) is 10.4. The molecule has 3 N–H and O–H groups in total. The van der Waals surface area contributed by atoms with Crippen LogP contribution >= 0.6 is 0 Å². The maximum atomic E-state index is 12.7. The third-order valence-electron chi connectivity index (χ3n) is 2.41. The summed E-state index contributed by atoms with van der Waals surface area (Å²) < 4.78 is 25.3. The van der Waals surface area contributed by atoms with Gasteiger partial charge < -0.3 is 10.8 Å². The predicted octanol–water partition coefficient (Wildman–Crippen LogP) is 1.22. The molecule has 1 aliphatic carbocycles. The Bertz CT molecular complexity index is 208. The van der Waals surface area contributed by atoms with Gasteiger partial charge in [-0.1, -0.05) is 0 Å². The minimum Gasteiger partial charge on any atom is -0.480 e. The van der Waals surface area contributed by atoms with E-state index in [1.54, 1.807) is 0 Å². The van der Waals surface area contributed by atoms with Gasteiger partial charge in [0.05, 0.1) is 0 Å². The van der Waals surface area contributed by atoms with Gasteiger partial charge in [-0.3, -0.25) is 4.79 Å². The average Bonchev–Trinajstić information content (AvgIpc) is 2.30. The molecule has 0 saturated heterocycles. The summed E-state index contributed by atoms with van der Waals surface area (Å²) in [7, 11) is 0. The molecule has 0 bridgehead atoms. The summed E-state index contributed by atoms with van der Waals surface area (Å²) in [6.07, 6.45) is 0.191. The monoisotopic (exact) mass is 193 g/mol. The van der Waals surface area contributed by atoms with E-state index in [0.717, 1.165) is 0 Å². The number of rotatable bonds is 3. The molecule has 1 unspecified atom stereocenters. The molecule has 0 aromatic heterocycles. The first-order chi connectivity index (χ1) is 5.91. The molecule has 5 heteroatoms. The molecular formula is C8H13F2NO2. The zero-order valence-electron chi connectivity index (χ0n) is 7.17. The highest BCUT2D eigenvalue weighted by atomic mass is 19.3. The standard InChI is InChI=1S/C8H13F2NO2/c9-8(10)2-1-5(4-8)3-6(11)7(12)13/h5-6H,1-4,11H2,(H,12,13)/t5?,6-/m0/s1. The number of carbonyl (C=O) groups is 1. The number of carboxylic acids is 1. The van der Waals surface area contributed by atoms with Gasteiger partial charge in [-0.2, -0.15) is 0 Å². The van der Waals surface area contributed by atoms with Crippen molar-refractivity contribution in [1.29, 1.82) is 0 Å². The Labute approximate surface area is 74.9 Å². The van der Waals surface area contributed by atoms with Crippen molar-refractivity contribution in [3.05, 3.63) is 0 Å². The topological polar surface area (TPSA) is 63.3 Å². The van der Waals surface area contributed by atoms with Crippen LogP contribution < -0.4 is 5.73 Å². The Morgan fingerprint density at radius 3 is 2.69 bits per heavy atom. The van der Waals surface area contributed by atoms with Crippen molar-refractivity contribution in [3.8, 4) is 0 Å². The van der Waals surface area contributed by atoms with Crippen LogP contribution in [0.1, 0.15) is 25.7 Å². The normalized spacial score (nSPS) is 28.7. The van der Waals surface area contributed by atoms with Crippen LogP contribution in [0.2, 0.25) is 0 Å². The van der Waals surface area contributed by atoms with Crippen molar-refractivity contribution in [2.24, 2.45) is 11.7 Å². The molecule has 0 aromatic rings. The summed E-state index contributed by atoms with van der Waals surface area (Å²) in [6, 6.07) is -1.00. The van der Waals surface area contributed by atoms with Gasteiger partial charge in [0, 0.05) is 12.8 Å². The first-order valence-corrected chi connectivity index (χ1v) is 4.27. The largest absolute Gasteiger partial charge is 0.480 e. The lowest BCUT2D eigenvalue weighted by molar-refractivity contribution is -0.139. The van der Waals surface area contributed by atoms with E-state index >= 15 is 0 Å². The number of halogens is 2. The van der Waals surface area contributed by atoms with E-state index in [-0.39, 0.29) is 25.2 Å². The van der Waals surface area contributed by atoms with E-state index in [1.807, 2.05) is 0 Å². The van der Waals surface area contributed by atoms with Gasteiger partial charge in [0.1, 0.15) is 6.04 Å². The zero-order valence-corrected chi connectivity index (χ0v) is 7.17. The van der Waals surface area contributed by atoms with Crippen LogP contribution in [0.5, 0.6) is 0 Å². The van der Waals surface area contributed by atoms with E-state index in [1.165, 1.54) is 0 Å². The Kier molecular flexibility index (Phi) is 2.85. The molecule has 2 atom stereocenters. The lowest BCUT2D eigenvalue weighted by atomic mass is 9.99. The highest BCUT2D eigenvalue weighted by Gasteiger charge is 2.40. The highest BCUT2D eigenvalue weighted by Crippen LogP contribution is 2.40. The smallest absolute Gasteiger partial charge is 0.320 e. The fourth-order valence-corrected chi connectivity index (χ4v) is 1.70. The molecule has 1 saturated carbocycles. The van der Waals surface area contributed by atoms with Crippen molar-refractivity contribution in [2.75, 3.05) is 0 Å². The fourth-order valence-electron chi connectivity index (χ4n) is 1.70. The fraction of sp³-hybridized carbons (Fsp3) is 0.875. The first-order valence-electron chi connectivity index (χ1n) is 4.27. The molecular weight excluding hydrogens is 180 g/mol. The highest BCUT2D eigenvalue weighted by molar-refractivity contribution is 5.73. The van der Waals surface area contributed by atoms with Crippen LogP contribution in [0.4, 0.5) is 8.78 Å². The third kappa shape index (κ3) is 2.91. The zero-order chi connectivity index (χ0) is 10.1. The van der Waals surface area contributed by atoms with Crippen molar-refractivity contribution >= 4 is 5.97 Å². The Morgan fingerprint density at radius 2 is 2.31 bits per heavy atom. The summed E-state index contributed by atoms with van der Waals surface area (Å²) in [5.41, 5.74) is 5.24. The van der Waals surface area contributed by atoms with Crippen molar-refractivity contribution in [3.63, 3.8) is 0 Å². The van der Waals surface area contributed by atoms with E-state index in [4.69, 9.17) is 10.8 Å². The third-order valence-corrected chi connectivity index (χ3v) is 2.41. The van der Waals surface area contributed by atoms with Crippen LogP contribution in [0.3, 0.4) is 0 Å². The molecule has 13 heavy (non-hydrogen) atoms. The van der Waals surface area contributed by atoms with Crippen LogP contribution in [-0.4, -0.2) is 23.0 Å². The maximum Gasteiger partial charge on any atom is 0.320 e. The molecule has 0 spiro atoms. The second-order valence-corrected chi connectivity index (χ2v) is 3.65. The summed E-state index contributed by atoms with van der Waals surface area (Å²) in [5.74, 6) is -3.96. The van der Waals surface area contributed by atoms with Gasteiger partial charge in [-0.05, 0) is 18.8 Å². The van der Waals surface area contributed by atoms with E-state index in [9.17, 15) is 13.6 Å². The quantitative estimate of drug-likeness (QED) is 0.708. The number of alkyl halides is 2. The lowest BCUT2D eigenvalue weighted by Crippen LogP contribution is -2.32. The van der Waals surface area contributed by atoms with Gasteiger partial charge in [0.15, 0.2) is 0 Å². The predicted molar refractivity (Wildman–Crippen MR) is 42.5 cm³/mol. The SMILES string of the molecule is N[C@@H](CC1CCC(F)(F)C1)C(=O)O. The lowest BCUT2D eigenvalue weighted by Gasteiger charge is -2.12. The molecule has 1 aliphatic rings. The number of aliphatic carboxylic acids is 1. The van der Waals surface area contributed by atoms with Crippen LogP contribution in [-0.2, 0) is 4.79 Å². The van der Waals surface area contributed by atoms with Crippen molar-refractivity contribution < 1.29 is 18.7 Å². The number of hydrogen-bond acceptors (Lipinski definition) is 2. The molecule has 76 valence electrons. The molecule has 1 fully saturated rings. The Balaban J connectivity index is 2.36. The molecule has 0 aliphatic heterocycles. The van der Waals surface area contributed by atoms with Gasteiger partial charge in [0.25, 0.3) is 0 Å². The maximum absolute atomic E-state index is 12.7. The van der Waals surface area contributed by atoms with E-state index < -0.39 is 17.9 Å². The van der Waals surface area contributed by atoms with Gasteiger partial charge in [-0.15, -0.1) is 0 Å². The summed E-state index contributed by atoms with van der Waals surface area (Å²) in [6.45, 7) is 0. The number of carboxylic acid groups (broad SMARTS) is 1. The minimum atomic E-state index is -2.61. The minimum absolute atomic E-state index is 0.135. The summed E-state index contributed by atoms with van der Waals surface area (Å²) in [5, 5.41) is 8.46. The van der Waals surface area contributed by atoms with Gasteiger partial charge in [0.2, 0.25) is 5.92 Å². The second kappa shape index (κ2) is 3.57. The molecule has 0 radical (unpaired) electrons. The molecule has 0 amide bonds. The average molecular weight is 193 g/mol. The Hall–Kier alpha value is -0.710. The van der Waals surface area contributed by atoms with Crippen LogP contribution in [0, 0.1) is 5.92 Å². The van der Waals surface area contributed by atoms with Crippen molar-refractivity contribution in [2.45, 2.75) is 37.6 Å². The van der Waals surface area contributed by atoms with E-state index in [0.29, 0.717) is 6.42 Å². The molecule has 0 heterocycles. The summed E-state index contributed by atoms with van der Waals surface area (Å²) >= 11 is 0. The Morgan fingerprint density at radius 1 is 1.69 bits per heavy atom. The number of hydrogen-bond donors (Lipinski definition) is 2. The van der Waals surface area contributed by atoms with Crippen molar-refractivity contribution in [1.82, 2.24) is 0 Å². The van der Waals surface area contributed by atoms with E-state index in [2.05, 4.69) is 0 Å².